The molecule has 0 spiro atoms. The SMILES string of the molecule is C/C=C(/C)c1[c]cccc1. The molecule has 51 valence electrons. The Kier molecular flexibility index (Phi) is 2.27. The van der Waals surface area contributed by atoms with E-state index < -0.39 is 0 Å². The Balaban J connectivity index is 2.96. The van der Waals surface area contributed by atoms with Gasteiger partial charge in [0.25, 0.3) is 0 Å². The van der Waals surface area contributed by atoms with E-state index in [0.717, 1.165) is 0 Å². The number of benzene rings is 1. The summed E-state index contributed by atoms with van der Waals surface area (Å²) in [6.45, 7) is 4.13. The first-order valence-corrected chi connectivity index (χ1v) is 3.44. The van der Waals surface area contributed by atoms with Crippen LogP contribution in [0, 0.1) is 6.07 Å². The summed E-state index contributed by atoms with van der Waals surface area (Å²) in [4.78, 5) is 0. The van der Waals surface area contributed by atoms with E-state index in [-0.39, 0.29) is 0 Å². The van der Waals surface area contributed by atoms with Crippen molar-refractivity contribution in [2.75, 3.05) is 0 Å². The molecule has 1 aromatic carbocycles. The molecular weight excluding hydrogens is 120 g/mol. The number of hydrogen-bond acceptors (Lipinski definition) is 0. The van der Waals surface area contributed by atoms with Gasteiger partial charge in [-0.1, -0.05) is 30.3 Å². The minimum absolute atomic E-state index is 1.19. The van der Waals surface area contributed by atoms with Gasteiger partial charge in [-0.2, -0.15) is 0 Å². The smallest absolute Gasteiger partial charge is 0.0103 e. The molecule has 0 unspecified atom stereocenters. The summed E-state index contributed by atoms with van der Waals surface area (Å²) in [6, 6.07) is 11.2. The van der Waals surface area contributed by atoms with Crippen LogP contribution in [-0.2, 0) is 0 Å². The average Bonchev–Trinajstić information content (AvgIpc) is 2.05. The zero-order valence-corrected chi connectivity index (χ0v) is 6.39. The summed E-state index contributed by atoms with van der Waals surface area (Å²) in [7, 11) is 0. The lowest BCUT2D eigenvalue weighted by Gasteiger charge is -1.96. The summed E-state index contributed by atoms with van der Waals surface area (Å²) in [5.41, 5.74) is 2.46. The third kappa shape index (κ3) is 1.47. The van der Waals surface area contributed by atoms with Crippen LogP contribution >= 0.6 is 0 Å². The van der Waals surface area contributed by atoms with Crippen molar-refractivity contribution in [2.45, 2.75) is 13.8 Å². The van der Waals surface area contributed by atoms with Crippen molar-refractivity contribution >= 4 is 5.57 Å². The molecule has 0 aliphatic heterocycles. The van der Waals surface area contributed by atoms with Crippen LogP contribution in [0.15, 0.2) is 30.3 Å². The van der Waals surface area contributed by atoms with Crippen LogP contribution < -0.4 is 0 Å². The predicted molar refractivity (Wildman–Crippen MR) is 44.6 cm³/mol. The monoisotopic (exact) mass is 131 g/mol. The van der Waals surface area contributed by atoms with Gasteiger partial charge in [0.05, 0.1) is 0 Å². The van der Waals surface area contributed by atoms with Gasteiger partial charge in [-0.15, -0.1) is 0 Å². The van der Waals surface area contributed by atoms with Gasteiger partial charge in [-0.3, -0.25) is 0 Å². The maximum Gasteiger partial charge on any atom is -0.0103 e. The van der Waals surface area contributed by atoms with Crippen molar-refractivity contribution in [1.82, 2.24) is 0 Å². The molecule has 0 aliphatic rings. The fourth-order valence-corrected chi connectivity index (χ4v) is 0.794. The molecule has 0 nitrogen and oxygen atoms in total. The van der Waals surface area contributed by atoms with Crippen LogP contribution in [0.5, 0.6) is 0 Å². The Labute approximate surface area is 62.2 Å². The second-order valence-corrected chi connectivity index (χ2v) is 2.25. The Morgan fingerprint density at radius 3 is 2.80 bits per heavy atom. The van der Waals surface area contributed by atoms with E-state index >= 15 is 0 Å². The van der Waals surface area contributed by atoms with E-state index in [2.05, 4.69) is 25.1 Å². The molecule has 0 bridgehead atoms. The standard InChI is InChI=1S/C10H11/c1-3-9(2)10-7-5-4-6-8-10/h3-7H,1-2H3/b9-3-. The highest BCUT2D eigenvalue weighted by molar-refractivity contribution is 5.62. The van der Waals surface area contributed by atoms with Crippen molar-refractivity contribution in [2.24, 2.45) is 0 Å². The van der Waals surface area contributed by atoms with Crippen LogP contribution in [0.2, 0.25) is 0 Å². The van der Waals surface area contributed by atoms with Crippen molar-refractivity contribution < 1.29 is 0 Å². The molecule has 1 radical (unpaired) electrons. The fraction of sp³-hybridized carbons (Fsp3) is 0.200. The van der Waals surface area contributed by atoms with Crippen LogP contribution in [0.4, 0.5) is 0 Å². The molecule has 0 heterocycles. The Bertz CT molecular complexity index is 219. The maximum absolute atomic E-state index is 3.15. The largest absolute Gasteiger partial charge is 0.0841 e. The molecule has 0 aromatic heterocycles. The van der Waals surface area contributed by atoms with E-state index in [1.165, 1.54) is 11.1 Å². The average molecular weight is 131 g/mol. The van der Waals surface area contributed by atoms with E-state index in [1.54, 1.807) is 0 Å². The van der Waals surface area contributed by atoms with Crippen LogP contribution in [0.3, 0.4) is 0 Å². The summed E-state index contributed by atoms with van der Waals surface area (Å²) >= 11 is 0. The van der Waals surface area contributed by atoms with Gasteiger partial charge in [0.15, 0.2) is 0 Å². The first kappa shape index (κ1) is 7.07. The Hall–Kier alpha value is -1.04. The Morgan fingerprint density at radius 2 is 2.30 bits per heavy atom. The molecule has 0 amide bonds. The van der Waals surface area contributed by atoms with Gasteiger partial charge in [-0.05, 0) is 31.1 Å². The number of allylic oxidation sites excluding steroid dienone is 2. The second-order valence-electron chi connectivity index (χ2n) is 2.25. The first-order chi connectivity index (χ1) is 4.84. The van der Waals surface area contributed by atoms with E-state index in [1.807, 2.05) is 25.1 Å². The number of hydrogen-bond donors (Lipinski definition) is 0. The topological polar surface area (TPSA) is 0 Å². The van der Waals surface area contributed by atoms with Gasteiger partial charge >= 0.3 is 0 Å². The van der Waals surface area contributed by atoms with Gasteiger partial charge < -0.3 is 0 Å². The number of rotatable bonds is 1. The predicted octanol–water partition coefficient (Wildman–Crippen LogP) is 2.91. The fourth-order valence-electron chi connectivity index (χ4n) is 0.794. The summed E-state index contributed by atoms with van der Waals surface area (Å²) in [5.74, 6) is 0. The quantitative estimate of drug-likeness (QED) is 0.549. The molecule has 10 heavy (non-hydrogen) atoms. The van der Waals surface area contributed by atoms with Crippen LogP contribution in [0.25, 0.3) is 5.57 Å². The maximum atomic E-state index is 3.15. The lowest BCUT2D eigenvalue weighted by atomic mass is 10.1. The van der Waals surface area contributed by atoms with Gasteiger partial charge in [0.1, 0.15) is 0 Å². The van der Waals surface area contributed by atoms with Crippen LogP contribution in [0.1, 0.15) is 19.4 Å². The molecule has 0 N–H and O–H groups in total. The zero-order valence-electron chi connectivity index (χ0n) is 6.39. The van der Waals surface area contributed by atoms with Crippen molar-refractivity contribution in [3.05, 3.63) is 42.0 Å². The lowest BCUT2D eigenvalue weighted by molar-refractivity contribution is 1.53. The second kappa shape index (κ2) is 3.21. The molecule has 0 heteroatoms. The first-order valence-electron chi connectivity index (χ1n) is 3.44. The van der Waals surface area contributed by atoms with Gasteiger partial charge in [-0.25, -0.2) is 0 Å². The van der Waals surface area contributed by atoms with E-state index in [4.69, 9.17) is 0 Å². The highest BCUT2D eigenvalue weighted by Gasteiger charge is 1.89. The van der Waals surface area contributed by atoms with Gasteiger partial charge in [0, 0.05) is 0 Å². The lowest BCUT2D eigenvalue weighted by Crippen LogP contribution is -1.75. The van der Waals surface area contributed by atoms with Crippen molar-refractivity contribution in [3.8, 4) is 0 Å². The van der Waals surface area contributed by atoms with E-state index in [0.29, 0.717) is 0 Å². The van der Waals surface area contributed by atoms with Crippen molar-refractivity contribution in [3.63, 3.8) is 0 Å². The molecule has 1 rings (SSSR count). The van der Waals surface area contributed by atoms with Crippen LogP contribution in [-0.4, -0.2) is 0 Å². The third-order valence-electron chi connectivity index (χ3n) is 1.57. The minimum atomic E-state index is 1.19. The summed E-state index contributed by atoms with van der Waals surface area (Å²) < 4.78 is 0. The highest BCUT2D eigenvalue weighted by Crippen LogP contribution is 2.10. The molecule has 1 aromatic rings. The molecule has 0 saturated carbocycles. The normalized spacial score (nSPS) is 11.6. The molecule has 0 saturated heterocycles. The van der Waals surface area contributed by atoms with Crippen molar-refractivity contribution in [1.29, 1.82) is 0 Å². The molecule has 0 aliphatic carbocycles. The third-order valence-corrected chi connectivity index (χ3v) is 1.57. The Morgan fingerprint density at radius 1 is 1.50 bits per heavy atom. The van der Waals surface area contributed by atoms with E-state index in [9.17, 15) is 0 Å². The molecule has 0 atom stereocenters. The highest BCUT2D eigenvalue weighted by atomic mass is 13.9. The summed E-state index contributed by atoms with van der Waals surface area (Å²) in [5, 5.41) is 0. The minimum Gasteiger partial charge on any atom is -0.0841 e. The van der Waals surface area contributed by atoms with Gasteiger partial charge in [0.2, 0.25) is 0 Å². The molecule has 0 fully saturated rings. The molecular formula is C10H11. The zero-order chi connectivity index (χ0) is 7.40. The summed E-state index contributed by atoms with van der Waals surface area (Å²) in [6.07, 6.45) is 2.09.